The van der Waals surface area contributed by atoms with Gasteiger partial charge >= 0.3 is 0 Å². The van der Waals surface area contributed by atoms with Gasteiger partial charge in [0.25, 0.3) is 0 Å². The van der Waals surface area contributed by atoms with E-state index in [9.17, 15) is 12.8 Å². The lowest BCUT2D eigenvalue weighted by atomic mass is 10.1. The summed E-state index contributed by atoms with van der Waals surface area (Å²) >= 11 is 5.71. The van der Waals surface area contributed by atoms with Gasteiger partial charge in [-0.1, -0.05) is 6.07 Å². The molecule has 0 unspecified atom stereocenters. The summed E-state index contributed by atoms with van der Waals surface area (Å²) in [5, 5.41) is 0. The summed E-state index contributed by atoms with van der Waals surface area (Å²) in [5.41, 5.74) is 0.591. The summed E-state index contributed by atoms with van der Waals surface area (Å²) in [7, 11) is -0.304. The van der Waals surface area contributed by atoms with Gasteiger partial charge < -0.3 is 4.90 Å². The maximum absolute atomic E-state index is 13.9. The standard InChI is InChI=1S/C14H20ClFN2O2S/c1-17-7-5-12(6-8-17)18(2)21(19,20)14-9-11(10-15)3-4-13(14)16/h3-4,9,12H,5-8,10H2,1-2H3. The Balaban J connectivity index is 2.29. The van der Waals surface area contributed by atoms with E-state index in [0.717, 1.165) is 32.0 Å². The van der Waals surface area contributed by atoms with E-state index in [0.29, 0.717) is 5.56 Å². The van der Waals surface area contributed by atoms with Crippen molar-refractivity contribution in [3.8, 4) is 0 Å². The molecule has 0 aliphatic carbocycles. The van der Waals surface area contributed by atoms with Crippen LogP contribution in [0.15, 0.2) is 23.1 Å². The summed E-state index contributed by atoms with van der Waals surface area (Å²) < 4.78 is 40.5. The Morgan fingerprint density at radius 3 is 2.57 bits per heavy atom. The van der Waals surface area contributed by atoms with Crippen LogP contribution in [0.25, 0.3) is 0 Å². The fraction of sp³-hybridized carbons (Fsp3) is 0.571. The normalized spacial score (nSPS) is 18.3. The molecule has 0 radical (unpaired) electrons. The van der Waals surface area contributed by atoms with Gasteiger partial charge in [-0.3, -0.25) is 0 Å². The smallest absolute Gasteiger partial charge is 0.245 e. The summed E-state index contributed by atoms with van der Waals surface area (Å²) in [5.74, 6) is -0.579. The zero-order valence-corrected chi connectivity index (χ0v) is 13.8. The predicted octanol–water partition coefficient (Wildman–Crippen LogP) is 2.28. The minimum atomic E-state index is -3.84. The summed E-state index contributed by atoms with van der Waals surface area (Å²) in [4.78, 5) is 1.87. The molecule has 118 valence electrons. The topological polar surface area (TPSA) is 40.6 Å². The number of likely N-dealkylation sites (tertiary alicyclic amines) is 1. The average molecular weight is 335 g/mol. The van der Waals surface area contributed by atoms with Gasteiger partial charge in [-0.25, -0.2) is 12.8 Å². The number of hydrogen-bond acceptors (Lipinski definition) is 3. The fourth-order valence-corrected chi connectivity index (χ4v) is 4.23. The van der Waals surface area contributed by atoms with Crippen molar-refractivity contribution in [1.29, 1.82) is 0 Å². The van der Waals surface area contributed by atoms with Crippen molar-refractivity contribution >= 4 is 21.6 Å². The van der Waals surface area contributed by atoms with E-state index in [1.807, 2.05) is 7.05 Å². The highest BCUT2D eigenvalue weighted by Crippen LogP contribution is 2.25. The average Bonchev–Trinajstić information content (AvgIpc) is 2.47. The molecular formula is C14H20ClFN2O2S. The van der Waals surface area contributed by atoms with E-state index in [2.05, 4.69) is 4.90 Å². The number of alkyl halides is 1. The van der Waals surface area contributed by atoms with E-state index in [4.69, 9.17) is 11.6 Å². The molecule has 0 atom stereocenters. The van der Waals surface area contributed by atoms with E-state index < -0.39 is 15.8 Å². The molecule has 1 saturated heterocycles. The second-order valence-electron chi connectivity index (χ2n) is 5.45. The molecule has 21 heavy (non-hydrogen) atoms. The Morgan fingerprint density at radius 1 is 1.38 bits per heavy atom. The van der Waals surface area contributed by atoms with Crippen LogP contribution in [-0.2, 0) is 15.9 Å². The molecule has 1 fully saturated rings. The number of benzene rings is 1. The molecule has 0 spiro atoms. The van der Waals surface area contributed by atoms with Crippen molar-refractivity contribution < 1.29 is 12.8 Å². The van der Waals surface area contributed by atoms with Crippen LogP contribution in [0.3, 0.4) is 0 Å². The first-order chi connectivity index (χ1) is 9.86. The molecule has 7 heteroatoms. The first kappa shape index (κ1) is 16.7. The van der Waals surface area contributed by atoms with Crippen molar-refractivity contribution in [2.24, 2.45) is 0 Å². The zero-order chi connectivity index (χ0) is 15.6. The lowest BCUT2D eigenvalue weighted by molar-refractivity contribution is 0.197. The third-order valence-corrected chi connectivity index (χ3v) is 6.24. The maximum atomic E-state index is 13.9. The van der Waals surface area contributed by atoms with Gasteiger partial charge in [0, 0.05) is 19.0 Å². The molecule has 0 aromatic heterocycles. The van der Waals surface area contributed by atoms with E-state index in [-0.39, 0.29) is 16.8 Å². The first-order valence-corrected chi connectivity index (χ1v) is 8.84. The lowest BCUT2D eigenvalue weighted by Gasteiger charge is -2.34. The van der Waals surface area contributed by atoms with Gasteiger partial charge in [-0.2, -0.15) is 4.31 Å². The number of piperidine rings is 1. The molecule has 2 rings (SSSR count). The SMILES string of the molecule is CN1CCC(N(C)S(=O)(=O)c2cc(CCl)ccc2F)CC1. The molecule has 0 amide bonds. The van der Waals surface area contributed by atoms with Crippen LogP contribution >= 0.6 is 11.6 Å². The minimum absolute atomic E-state index is 0.0924. The van der Waals surface area contributed by atoms with Crippen LogP contribution in [0, 0.1) is 5.82 Å². The Morgan fingerprint density at radius 2 is 2.00 bits per heavy atom. The number of rotatable bonds is 4. The molecule has 4 nitrogen and oxygen atoms in total. The second-order valence-corrected chi connectivity index (χ2v) is 7.69. The van der Waals surface area contributed by atoms with Gasteiger partial charge in [0.2, 0.25) is 10.0 Å². The summed E-state index contributed by atoms with van der Waals surface area (Å²) in [6.45, 7) is 1.68. The highest BCUT2D eigenvalue weighted by molar-refractivity contribution is 7.89. The number of halogens is 2. The predicted molar refractivity (Wildman–Crippen MR) is 81.4 cm³/mol. The molecule has 1 aliphatic heterocycles. The largest absolute Gasteiger partial charge is 0.306 e. The van der Waals surface area contributed by atoms with Crippen molar-refractivity contribution in [3.63, 3.8) is 0 Å². The monoisotopic (exact) mass is 334 g/mol. The molecular weight excluding hydrogens is 315 g/mol. The van der Waals surface area contributed by atoms with Crippen LogP contribution in [0.2, 0.25) is 0 Å². The van der Waals surface area contributed by atoms with E-state index >= 15 is 0 Å². The second kappa shape index (κ2) is 6.60. The Hall–Kier alpha value is -0.690. The third kappa shape index (κ3) is 3.56. The summed E-state index contributed by atoms with van der Waals surface area (Å²) in [6, 6.07) is 3.89. The van der Waals surface area contributed by atoms with Crippen molar-refractivity contribution in [1.82, 2.24) is 9.21 Å². The molecule has 1 aromatic rings. The first-order valence-electron chi connectivity index (χ1n) is 6.87. The summed E-state index contributed by atoms with van der Waals surface area (Å²) in [6.07, 6.45) is 1.51. The van der Waals surface area contributed by atoms with Crippen molar-refractivity contribution in [2.75, 3.05) is 27.2 Å². The molecule has 0 bridgehead atoms. The van der Waals surface area contributed by atoms with Gasteiger partial charge in [0.15, 0.2) is 0 Å². The maximum Gasteiger partial charge on any atom is 0.245 e. The van der Waals surface area contributed by atoms with Gasteiger partial charge in [-0.15, -0.1) is 11.6 Å². The van der Waals surface area contributed by atoms with Crippen molar-refractivity contribution in [3.05, 3.63) is 29.6 Å². The van der Waals surface area contributed by atoms with Crippen LogP contribution in [0.1, 0.15) is 18.4 Å². The fourth-order valence-electron chi connectivity index (χ4n) is 2.54. The minimum Gasteiger partial charge on any atom is -0.306 e. The van der Waals surface area contributed by atoms with Crippen LogP contribution in [0.5, 0.6) is 0 Å². The zero-order valence-electron chi connectivity index (χ0n) is 12.2. The Bertz CT molecular complexity index is 601. The third-order valence-electron chi connectivity index (χ3n) is 4.01. The molecule has 1 heterocycles. The highest BCUT2D eigenvalue weighted by atomic mass is 35.5. The Kier molecular flexibility index (Phi) is 5.24. The van der Waals surface area contributed by atoms with E-state index in [1.165, 1.54) is 23.5 Å². The van der Waals surface area contributed by atoms with Gasteiger partial charge in [0.05, 0.1) is 0 Å². The van der Waals surface area contributed by atoms with Crippen molar-refractivity contribution in [2.45, 2.75) is 29.7 Å². The quantitative estimate of drug-likeness (QED) is 0.793. The highest BCUT2D eigenvalue weighted by Gasteiger charge is 2.32. The van der Waals surface area contributed by atoms with Crippen LogP contribution in [0.4, 0.5) is 4.39 Å². The molecule has 0 saturated carbocycles. The number of nitrogens with zero attached hydrogens (tertiary/aromatic N) is 2. The number of hydrogen-bond donors (Lipinski definition) is 0. The van der Waals surface area contributed by atoms with Crippen LogP contribution < -0.4 is 0 Å². The van der Waals surface area contributed by atoms with Gasteiger partial charge in [-0.05, 0) is 50.7 Å². The lowest BCUT2D eigenvalue weighted by Crippen LogP contribution is -2.44. The Labute approximate surface area is 130 Å². The molecule has 1 aromatic carbocycles. The van der Waals surface area contributed by atoms with Gasteiger partial charge in [0.1, 0.15) is 10.7 Å². The molecule has 1 aliphatic rings. The van der Waals surface area contributed by atoms with E-state index in [1.54, 1.807) is 0 Å². The number of sulfonamides is 1. The molecule has 0 N–H and O–H groups in total. The van der Waals surface area contributed by atoms with Crippen LogP contribution in [-0.4, -0.2) is 50.8 Å².